The van der Waals surface area contributed by atoms with Crippen molar-refractivity contribution in [1.29, 1.82) is 0 Å². The van der Waals surface area contributed by atoms with Crippen molar-refractivity contribution in [3.8, 4) is 0 Å². The third-order valence-corrected chi connectivity index (χ3v) is 14.1. The van der Waals surface area contributed by atoms with Crippen molar-refractivity contribution in [2.45, 2.75) is 22.4 Å². The maximum absolute atomic E-state index is 14.2. The largest absolute Gasteiger partial charge is 0.358 e. The van der Waals surface area contributed by atoms with Crippen LogP contribution in [0.1, 0.15) is 25.0 Å². The molecule has 0 saturated carbocycles. The first kappa shape index (κ1) is 21.4. The van der Waals surface area contributed by atoms with E-state index in [9.17, 15) is 4.57 Å². The SMILES string of the molecule is CCOP(=O)(OCC)C1(SC)SCSC1(c1ccccc1)c1ccccc1. The maximum Gasteiger partial charge on any atom is 0.358 e. The molecule has 1 saturated heterocycles. The molecular formula is C20H25O3PS3. The predicted molar refractivity (Wildman–Crippen MR) is 121 cm³/mol. The molecule has 0 aromatic heterocycles. The van der Waals surface area contributed by atoms with Gasteiger partial charge in [-0.1, -0.05) is 60.7 Å². The first-order chi connectivity index (χ1) is 13.1. The van der Waals surface area contributed by atoms with Gasteiger partial charge in [0.2, 0.25) is 0 Å². The van der Waals surface area contributed by atoms with Crippen LogP contribution in [0.2, 0.25) is 0 Å². The highest BCUT2D eigenvalue weighted by Gasteiger charge is 2.69. The first-order valence-corrected chi connectivity index (χ1v) is 13.7. The molecule has 1 fully saturated rings. The van der Waals surface area contributed by atoms with Crippen LogP contribution in [-0.2, 0) is 18.4 Å². The van der Waals surface area contributed by atoms with Gasteiger partial charge >= 0.3 is 7.60 Å². The van der Waals surface area contributed by atoms with Gasteiger partial charge in [-0.3, -0.25) is 4.57 Å². The third kappa shape index (κ3) is 3.43. The second-order valence-electron chi connectivity index (χ2n) is 5.94. The highest BCUT2D eigenvalue weighted by Crippen LogP contribution is 2.82. The third-order valence-electron chi connectivity index (χ3n) is 4.57. The van der Waals surface area contributed by atoms with Crippen LogP contribution in [0.15, 0.2) is 60.7 Å². The normalized spacial score (nSPS) is 22.0. The van der Waals surface area contributed by atoms with Crippen LogP contribution in [0, 0.1) is 0 Å². The Labute approximate surface area is 174 Å². The molecule has 3 rings (SSSR count). The van der Waals surface area contributed by atoms with Crippen LogP contribution in [0.3, 0.4) is 0 Å². The molecule has 2 aromatic carbocycles. The average Bonchev–Trinajstić information content (AvgIpc) is 3.12. The van der Waals surface area contributed by atoms with Crippen molar-refractivity contribution in [2.75, 3.05) is 24.6 Å². The summed E-state index contributed by atoms with van der Waals surface area (Å²) in [5.41, 5.74) is 2.25. The van der Waals surface area contributed by atoms with Gasteiger partial charge in [-0.05, 0) is 31.2 Å². The zero-order chi connectivity index (χ0) is 19.4. The van der Waals surface area contributed by atoms with Gasteiger partial charge in [-0.25, -0.2) is 0 Å². The monoisotopic (exact) mass is 440 g/mol. The molecule has 0 N–H and O–H groups in total. The number of thioether (sulfide) groups is 3. The fourth-order valence-corrected chi connectivity index (χ4v) is 13.5. The lowest BCUT2D eigenvalue weighted by atomic mass is 9.91. The van der Waals surface area contributed by atoms with Crippen molar-refractivity contribution >= 4 is 42.9 Å². The molecule has 1 aliphatic rings. The highest BCUT2D eigenvalue weighted by atomic mass is 32.2. The van der Waals surface area contributed by atoms with Gasteiger partial charge in [0.1, 0.15) is 4.75 Å². The van der Waals surface area contributed by atoms with Crippen molar-refractivity contribution in [3.05, 3.63) is 71.8 Å². The summed E-state index contributed by atoms with van der Waals surface area (Å²) in [6.45, 7) is 4.45. The second-order valence-corrected chi connectivity index (χ2v) is 12.7. The van der Waals surface area contributed by atoms with Gasteiger partial charge in [-0.2, -0.15) is 0 Å². The Bertz CT molecular complexity index is 738. The molecule has 0 spiro atoms. The van der Waals surface area contributed by atoms with Gasteiger partial charge in [0.25, 0.3) is 0 Å². The Balaban J connectivity index is 2.33. The van der Waals surface area contributed by atoms with E-state index in [-0.39, 0.29) is 0 Å². The van der Waals surface area contributed by atoms with Crippen LogP contribution in [0.5, 0.6) is 0 Å². The van der Waals surface area contributed by atoms with E-state index in [1.807, 2.05) is 68.3 Å². The topological polar surface area (TPSA) is 35.5 Å². The van der Waals surface area contributed by atoms with Gasteiger partial charge in [0, 0.05) is 5.08 Å². The molecule has 1 aliphatic heterocycles. The summed E-state index contributed by atoms with van der Waals surface area (Å²) in [6.07, 6.45) is 2.02. The maximum atomic E-state index is 14.2. The number of hydrogen-bond acceptors (Lipinski definition) is 6. The van der Waals surface area contributed by atoms with Crippen LogP contribution in [-0.4, -0.2) is 28.4 Å². The van der Waals surface area contributed by atoms with E-state index in [4.69, 9.17) is 9.05 Å². The van der Waals surface area contributed by atoms with Gasteiger partial charge in [0.05, 0.1) is 13.2 Å². The Kier molecular flexibility index (Phi) is 7.10. The fourth-order valence-electron chi connectivity index (χ4n) is 3.57. The highest BCUT2D eigenvalue weighted by molar-refractivity contribution is 8.33. The Morgan fingerprint density at radius 1 is 0.926 bits per heavy atom. The van der Waals surface area contributed by atoms with E-state index in [1.54, 1.807) is 23.5 Å². The summed E-state index contributed by atoms with van der Waals surface area (Å²) >= 11 is 5.09. The number of hydrogen-bond donors (Lipinski definition) is 0. The van der Waals surface area contributed by atoms with E-state index >= 15 is 0 Å². The zero-order valence-corrected chi connectivity index (χ0v) is 19.1. The molecule has 0 bridgehead atoms. The van der Waals surface area contributed by atoms with E-state index in [1.165, 1.54) is 0 Å². The van der Waals surface area contributed by atoms with E-state index in [0.717, 1.165) is 16.2 Å². The summed E-state index contributed by atoms with van der Waals surface area (Å²) in [4.78, 5) is 0. The molecule has 7 heteroatoms. The Morgan fingerprint density at radius 2 is 1.41 bits per heavy atom. The Hall–Kier alpha value is -0.360. The number of benzene rings is 2. The standard InChI is InChI=1S/C20H25O3PS3/c1-4-22-24(21,23-5-2)20(25-3)19(26-16-27-20,17-12-8-6-9-13-17)18-14-10-7-11-15-18/h6-15H,4-5,16H2,1-3H3. The lowest BCUT2D eigenvalue weighted by molar-refractivity contribution is 0.213. The Morgan fingerprint density at radius 3 is 1.81 bits per heavy atom. The van der Waals surface area contributed by atoms with Crippen molar-refractivity contribution in [1.82, 2.24) is 0 Å². The van der Waals surface area contributed by atoms with Crippen LogP contribution in [0.25, 0.3) is 0 Å². The minimum absolute atomic E-state index is 0.352. The first-order valence-electron chi connectivity index (χ1n) is 8.93. The van der Waals surface area contributed by atoms with Gasteiger partial charge in [-0.15, -0.1) is 35.3 Å². The molecule has 1 heterocycles. The molecule has 0 radical (unpaired) electrons. The molecule has 27 heavy (non-hydrogen) atoms. The van der Waals surface area contributed by atoms with E-state index in [2.05, 4.69) is 24.3 Å². The summed E-state index contributed by atoms with van der Waals surface area (Å²) in [5.74, 6) is 0. The average molecular weight is 441 g/mol. The van der Waals surface area contributed by atoms with Crippen LogP contribution in [0.4, 0.5) is 0 Å². The zero-order valence-electron chi connectivity index (χ0n) is 15.8. The predicted octanol–water partition coefficient (Wildman–Crippen LogP) is 6.65. The molecule has 0 aliphatic carbocycles. The lowest BCUT2D eigenvalue weighted by Crippen LogP contribution is -2.43. The van der Waals surface area contributed by atoms with Crippen molar-refractivity contribution in [3.63, 3.8) is 0 Å². The second kappa shape index (κ2) is 8.98. The molecule has 3 nitrogen and oxygen atoms in total. The van der Waals surface area contributed by atoms with E-state index < -0.39 is 16.2 Å². The quantitative estimate of drug-likeness (QED) is 0.428. The molecule has 2 aromatic rings. The van der Waals surface area contributed by atoms with Gasteiger partial charge in [0.15, 0.2) is 3.82 Å². The molecule has 1 atom stereocenters. The fraction of sp³-hybridized carbons (Fsp3) is 0.400. The lowest BCUT2D eigenvalue weighted by Gasteiger charge is -2.46. The molecule has 0 amide bonds. The minimum Gasteiger partial charge on any atom is -0.307 e. The summed E-state index contributed by atoms with van der Waals surface area (Å²) in [5, 5.41) is 0.814. The molecule has 146 valence electrons. The smallest absolute Gasteiger partial charge is 0.307 e. The van der Waals surface area contributed by atoms with Crippen LogP contribution < -0.4 is 0 Å². The molecule has 1 unspecified atom stereocenters. The van der Waals surface area contributed by atoms with Crippen molar-refractivity contribution < 1.29 is 13.6 Å². The number of rotatable bonds is 8. The summed E-state index contributed by atoms with van der Waals surface area (Å²) < 4.78 is 24.8. The summed E-state index contributed by atoms with van der Waals surface area (Å²) in [7, 11) is -3.45. The van der Waals surface area contributed by atoms with Gasteiger partial charge < -0.3 is 9.05 Å². The van der Waals surface area contributed by atoms with Crippen LogP contribution >= 0.6 is 42.9 Å². The van der Waals surface area contributed by atoms with Crippen molar-refractivity contribution in [2.24, 2.45) is 0 Å². The molecular weight excluding hydrogens is 415 g/mol. The minimum atomic E-state index is -3.45. The summed E-state index contributed by atoms with van der Waals surface area (Å²) in [6, 6.07) is 20.7. The van der Waals surface area contributed by atoms with E-state index in [0.29, 0.717) is 13.2 Å².